The van der Waals surface area contributed by atoms with Crippen LogP contribution < -0.4 is 21.3 Å². The number of aryl methyl sites for hydroxylation is 1. The van der Waals surface area contributed by atoms with Gasteiger partial charge in [0.05, 0.1) is 18.1 Å². The number of rotatable bonds is 6. The molecule has 3 N–H and O–H groups in total. The van der Waals surface area contributed by atoms with Crippen LogP contribution in [0.3, 0.4) is 0 Å². The number of nitrogens with zero attached hydrogens (tertiary/aromatic N) is 3. The van der Waals surface area contributed by atoms with Gasteiger partial charge >= 0.3 is 0 Å². The molecule has 1 saturated heterocycles. The third-order valence-electron chi connectivity index (χ3n) is 4.76. The highest BCUT2D eigenvalue weighted by Crippen LogP contribution is 2.13. The molecule has 0 bridgehead atoms. The third kappa shape index (κ3) is 5.63. The van der Waals surface area contributed by atoms with Crippen LogP contribution in [-0.4, -0.2) is 53.0 Å². The Hall–Kier alpha value is -3.80. The van der Waals surface area contributed by atoms with Crippen molar-refractivity contribution in [3.05, 3.63) is 61.6 Å². The maximum Gasteiger partial charge on any atom is 0.270 e. The minimum absolute atomic E-state index is 0.0321. The van der Waals surface area contributed by atoms with Gasteiger partial charge in [-0.25, -0.2) is 4.98 Å². The number of hydrazine groups is 1. The second kappa shape index (κ2) is 9.80. The third-order valence-corrected chi connectivity index (χ3v) is 4.76. The van der Waals surface area contributed by atoms with Crippen molar-refractivity contribution in [1.29, 1.82) is 0 Å². The molecule has 0 unspecified atom stereocenters. The van der Waals surface area contributed by atoms with Crippen molar-refractivity contribution in [3.8, 4) is 0 Å². The van der Waals surface area contributed by atoms with E-state index in [2.05, 4.69) is 20.8 Å². The molecule has 0 radical (unpaired) electrons. The number of nitro groups is 1. The van der Waals surface area contributed by atoms with Crippen LogP contribution in [0.1, 0.15) is 28.0 Å². The quantitative estimate of drug-likeness (QED) is 0.433. The van der Waals surface area contributed by atoms with E-state index in [1.54, 1.807) is 6.92 Å². The summed E-state index contributed by atoms with van der Waals surface area (Å²) in [5.41, 5.74) is 4.83. The Bertz CT molecular complexity index is 1050. The first-order chi connectivity index (χ1) is 14.8. The number of benzene rings is 1. The number of nitro benzene ring substituents is 1. The summed E-state index contributed by atoms with van der Waals surface area (Å²) in [5.74, 6) is -0.735. The van der Waals surface area contributed by atoms with Crippen molar-refractivity contribution in [2.45, 2.75) is 19.8 Å². The average Bonchev–Trinajstić information content (AvgIpc) is 2.77. The monoisotopic (exact) mass is 430 g/mol. The van der Waals surface area contributed by atoms with Crippen LogP contribution in [0, 0.1) is 17.0 Å². The number of ether oxygens (including phenoxy) is 1. The normalized spacial score (nSPS) is 13.5. The van der Waals surface area contributed by atoms with Gasteiger partial charge in [0.25, 0.3) is 17.2 Å². The van der Waals surface area contributed by atoms with Gasteiger partial charge in [0.1, 0.15) is 0 Å². The van der Waals surface area contributed by atoms with E-state index >= 15 is 0 Å². The van der Waals surface area contributed by atoms with Gasteiger partial charge in [0.15, 0.2) is 0 Å². The van der Waals surface area contributed by atoms with Crippen molar-refractivity contribution in [3.63, 3.8) is 0 Å². The van der Waals surface area contributed by atoms with Crippen molar-refractivity contribution < 1.29 is 19.2 Å². The fourth-order valence-electron chi connectivity index (χ4n) is 3.08. The number of hydrogen-bond donors (Lipinski definition) is 3. The van der Waals surface area contributed by atoms with E-state index in [9.17, 15) is 24.5 Å². The van der Waals surface area contributed by atoms with Gasteiger partial charge in [0.2, 0.25) is 11.9 Å². The Morgan fingerprint density at radius 3 is 2.71 bits per heavy atom. The number of nitrogens with one attached hydrogen (secondary N) is 3. The summed E-state index contributed by atoms with van der Waals surface area (Å²) in [7, 11) is 0. The summed E-state index contributed by atoms with van der Waals surface area (Å²) < 4.78 is 5.29. The molecular formula is C19H22N6O6. The lowest BCUT2D eigenvalue weighted by Crippen LogP contribution is -2.42. The Labute approximate surface area is 176 Å². The molecule has 1 aromatic carbocycles. The maximum atomic E-state index is 12.4. The van der Waals surface area contributed by atoms with Crippen LogP contribution in [-0.2, 0) is 16.0 Å². The topological polar surface area (TPSA) is 160 Å². The van der Waals surface area contributed by atoms with E-state index in [1.807, 2.05) is 4.90 Å². The number of H-pyrrole nitrogens is 1. The summed E-state index contributed by atoms with van der Waals surface area (Å²) >= 11 is 0. The molecule has 12 heteroatoms. The van der Waals surface area contributed by atoms with E-state index in [-0.39, 0.29) is 29.7 Å². The number of hydrogen-bond acceptors (Lipinski definition) is 8. The number of anilines is 1. The summed E-state index contributed by atoms with van der Waals surface area (Å²) in [4.78, 5) is 55.9. The minimum atomic E-state index is -0.692. The van der Waals surface area contributed by atoms with Gasteiger partial charge in [-0.05, 0) is 19.4 Å². The number of carbonyl (C=O) groups excluding carboxylic acids is 2. The average molecular weight is 430 g/mol. The summed E-state index contributed by atoms with van der Waals surface area (Å²) in [6.45, 7) is 4.10. The van der Waals surface area contributed by atoms with Crippen molar-refractivity contribution >= 4 is 23.5 Å². The van der Waals surface area contributed by atoms with Crippen molar-refractivity contribution in [2.24, 2.45) is 0 Å². The summed E-state index contributed by atoms with van der Waals surface area (Å²) in [5, 5.41) is 10.8. The van der Waals surface area contributed by atoms with Crippen LogP contribution in [0.25, 0.3) is 0 Å². The number of non-ortho nitro benzene ring substituents is 1. The molecule has 0 atom stereocenters. The zero-order valence-electron chi connectivity index (χ0n) is 16.8. The Balaban J connectivity index is 1.54. The first-order valence-corrected chi connectivity index (χ1v) is 9.61. The lowest BCUT2D eigenvalue weighted by Gasteiger charge is -2.27. The lowest BCUT2D eigenvalue weighted by molar-refractivity contribution is -0.384. The first-order valence-electron chi connectivity index (χ1n) is 9.61. The molecule has 0 aliphatic carbocycles. The predicted molar refractivity (Wildman–Crippen MR) is 110 cm³/mol. The van der Waals surface area contributed by atoms with Gasteiger partial charge in [-0.3, -0.25) is 40.3 Å². The Kier molecular flexibility index (Phi) is 6.92. The fourth-order valence-corrected chi connectivity index (χ4v) is 3.08. The minimum Gasteiger partial charge on any atom is -0.378 e. The van der Waals surface area contributed by atoms with E-state index in [0.29, 0.717) is 43.5 Å². The molecule has 1 aliphatic rings. The molecule has 2 amide bonds. The molecule has 164 valence electrons. The molecule has 0 saturated carbocycles. The molecule has 2 aromatic rings. The van der Waals surface area contributed by atoms with Crippen LogP contribution in [0.5, 0.6) is 0 Å². The van der Waals surface area contributed by atoms with E-state index in [4.69, 9.17) is 4.74 Å². The standard InChI is InChI=1S/C19H22N6O6/c1-12-15(18(28)21-19(20-12)24-7-9-31-10-8-24)5-6-16(26)22-23-17(27)13-3-2-4-14(11-13)25(29)30/h2-4,11H,5-10H2,1H3,(H,22,26)(H,23,27)(H,20,21,28). The zero-order chi connectivity index (χ0) is 22.4. The van der Waals surface area contributed by atoms with Crippen LogP contribution in [0.4, 0.5) is 11.6 Å². The van der Waals surface area contributed by atoms with Crippen LogP contribution >= 0.6 is 0 Å². The molecule has 1 fully saturated rings. The molecule has 2 heterocycles. The van der Waals surface area contributed by atoms with E-state index in [1.165, 1.54) is 18.2 Å². The number of amides is 2. The van der Waals surface area contributed by atoms with Crippen molar-refractivity contribution in [2.75, 3.05) is 31.2 Å². The first kappa shape index (κ1) is 21.9. The van der Waals surface area contributed by atoms with Crippen molar-refractivity contribution in [1.82, 2.24) is 20.8 Å². The number of aromatic amines is 1. The zero-order valence-corrected chi connectivity index (χ0v) is 16.8. The highest BCUT2D eigenvalue weighted by Gasteiger charge is 2.17. The van der Waals surface area contributed by atoms with Gasteiger partial charge in [-0.15, -0.1) is 0 Å². The lowest BCUT2D eigenvalue weighted by atomic mass is 10.1. The Morgan fingerprint density at radius 1 is 1.29 bits per heavy atom. The molecule has 12 nitrogen and oxygen atoms in total. The molecule has 0 spiro atoms. The predicted octanol–water partition coefficient (Wildman–Crippen LogP) is 0.217. The number of morpholine rings is 1. The molecular weight excluding hydrogens is 408 g/mol. The Morgan fingerprint density at radius 2 is 2.03 bits per heavy atom. The molecule has 1 aromatic heterocycles. The number of carbonyl (C=O) groups is 2. The highest BCUT2D eigenvalue weighted by molar-refractivity contribution is 5.95. The van der Waals surface area contributed by atoms with Gasteiger partial charge in [0, 0.05) is 48.5 Å². The molecule has 1 aliphatic heterocycles. The SMILES string of the molecule is Cc1nc(N2CCOCC2)[nH]c(=O)c1CCC(=O)NNC(=O)c1cccc([N+](=O)[O-])c1. The highest BCUT2D eigenvalue weighted by atomic mass is 16.6. The molecule has 31 heavy (non-hydrogen) atoms. The van der Waals surface area contributed by atoms with Gasteiger partial charge in [-0.2, -0.15) is 0 Å². The molecule has 3 rings (SSSR count). The fraction of sp³-hybridized carbons (Fsp3) is 0.368. The maximum absolute atomic E-state index is 12.4. The van der Waals surface area contributed by atoms with E-state index in [0.717, 1.165) is 6.07 Å². The second-order valence-corrected chi connectivity index (χ2v) is 6.86. The van der Waals surface area contributed by atoms with E-state index < -0.39 is 16.7 Å². The number of aromatic nitrogens is 2. The summed E-state index contributed by atoms with van der Waals surface area (Å²) in [6, 6.07) is 5.12. The smallest absolute Gasteiger partial charge is 0.270 e. The largest absolute Gasteiger partial charge is 0.378 e. The van der Waals surface area contributed by atoms with Gasteiger partial charge in [-0.1, -0.05) is 6.07 Å². The van der Waals surface area contributed by atoms with Gasteiger partial charge < -0.3 is 9.64 Å². The summed E-state index contributed by atoms with van der Waals surface area (Å²) in [6.07, 6.45) is 0.0772. The van der Waals surface area contributed by atoms with Crippen LogP contribution in [0.15, 0.2) is 29.1 Å². The van der Waals surface area contributed by atoms with Crippen LogP contribution in [0.2, 0.25) is 0 Å². The second-order valence-electron chi connectivity index (χ2n) is 6.86.